The smallest absolute Gasteiger partial charge is 0.251 e. The van der Waals surface area contributed by atoms with Crippen molar-refractivity contribution in [1.29, 1.82) is 0 Å². The normalized spacial score (nSPS) is 18.2. The lowest BCUT2D eigenvalue weighted by Crippen LogP contribution is -2.49. The molecule has 0 radical (unpaired) electrons. The van der Waals surface area contributed by atoms with Crippen LogP contribution in [0.25, 0.3) is 0 Å². The van der Waals surface area contributed by atoms with Crippen LogP contribution in [0, 0.1) is 0 Å². The molecule has 2 aromatic rings. The molecule has 0 bridgehead atoms. The average molecular weight is 421 g/mol. The van der Waals surface area contributed by atoms with Gasteiger partial charge in [-0.25, -0.2) is 0 Å². The highest BCUT2D eigenvalue weighted by Gasteiger charge is 2.40. The van der Waals surface area contributed by atoms with Gasteiger partial charge in [-0.2, -0.15) is 0 Å². The number of β-lactam (4-membered cyclic amide) rings is 1. The third-order valence-electron chi connectivity index (χ3n) is 6.62. The predicted molar refractivity (Wildman–Crippen MR) is 118 cm³/mol. The molecule has 2 aromatic carbocycles. The van der Waals surface area contributed by atoms with Crippen LogP contribution < -0.4 is 15.0 Å². The van der Waals surface area contributed by atoms with E-state index in [0.29, 0.717) is 30.0 Å². The molecule has 0 unspecified atom stereocenters. The first-order valence-electron chi connectivity index (χ1n) is 10.9. The van der Waals surface area contributed by atoms with Gasteiger partial charge in [0, 0.05) is 48.6 Å². The SMILES string of the molecule is COc1ccc(NC(=O)[C@H](c2cc3c4c(c2O)CCCN4CCC3)N2CCC2=O)cc1. The van der Waals surface area contributed by atoms with Gasteiger partial charge in [-0.3, -0.25) is 9.59 Å². The minimum absolute atomic E-state index is 0.0673. The Morgan fingerprint density at radius 1 is 1.10 bits per heavy atom. The van der Waals surface area contributed by atoms with E-state index in [0.717, 1.165) is 50.0 Å². The summed E-state index contributed by atoms with van der Waals surface area (Å²) in [6, 6.07) is 8.18. The summed E-state index contributed by atoms with van der Waals surface area (Å²) in [7, 11) is 1.59. The van der Waals surface area contributed by atoms with Gasteiger partial charge in [-0.15, -0.1) is 0 Å². The first-order valence-corrected chi connectivity index (χ1v) is 10.9. The van der Waals surface area contributed by atoms with Crippen LogP contribution >= 0.6 is 0 Å². The molecule has 162 valence electrons. The zero-order valence-electron chi connectivity index (χ0n) is 17.7. The Morgan fingerprint density at radius 3 is 2.48 bits per heavy atom. The lowest BCUT2D eigenvalue weighted by Gasteiger charge is -2.41. The molecule has 0 aromatic heterocycles. The highest BCUT2D eigenvalue weighted by Crippen LogP contribution is 2.45. The minimum atomic E-state index is -0.845. The second-order valence-corrected chi connectivity index (χ2v) is 8.45. The number of likely N-dealkylation sites (tertiary alicyclic amines) is 1. The molecular weight excluding hydrogens is 394 g/mol. The fourth-order valence-corrected chi connectivity index (χ4v) is 5.02. The van der Waals surface area contributed by atoms with E-state index in [1.165, 1.54) is 5.56 Å². The quantitative estimate of drug-likeness (QED) is 0.726. The number of phenolic OH excluding ortho intramolecular Hbond substituents is 1. The van der Waals surface area contributed by atoms with Crippen LogP contribution in [-0.2, 0) is 22.4 Å². The Hall–Kier alpha value is -3.22. The molecule has 31 heavy (non-hydrogen) atoms. The van der Waals surface area contributed by atoms with Crippen LogP contribution in [0.15, 0.2) is 30.3 Å². The fraction of sp³-hybridized carbons (Fsp3) is 0.417. The molecule has 0 spiro atoms. The molecule has 3 heterocycles. The molecule has 1 atom stereocenters. The topological polar surface area (TPSA) is 82.1 Å². The number of aromatic hydroxyl groups is 1. The number of carbonyl (C=O) groups is 2. The number of ether oxygens (including phenoxy) is 1. The van der Waals surface area contributed by atoms with E-state index in [-0.39, 0.29) is 17.6 Å². The number of hydrogen-bond acceptors (Lipinski definition) is 5. The number of benzene rings is 2. The minimum Gasteiger partial charge on any atom is -0.507 e. The molecular formula is C24H27N3O4. The Bertz CT molecular complexity index is 1030. The second-order valence-electron chi connectivity index (χ2n) is 8.45. The summed E-state index contributed by atoms with van der Waals surface area (Å²) in [4.78, 5) is 29.6. The standard InChI is InChI=1S/C24H27N3O4/c1-31-17-8-6-16(7-9-17)25-24(30)22(27-13-10-20(27)28)19-14-15-4-2-11-26-12-3-5-18(21(15)26)23(19)29/h6-9,14,22,29H,2-5,10-13H2,1H3,(H,25,30)/t22-/m0/s1. The Kier molecular flexibility index (Phi) is 4.96. The maximum Gasteiger partial charge on any atom is 0.251 e. The van der Waals surface area contributed by atoms with Crippen molar-refractivity contribution in [2.45, 2.75) is 38.1 Å². The number of amides is 2. The third-order valence-corrected chi connectivity index (χ3v) is 6.62. The van der Waals surface area contributed by atoms with E-state index >= 15 is 0 Å². The molecule has 7 heteroatoms. The van der Waals surface area contributed by atoms with Crippen molar-refractivity contribution in [3.8, 4) is 11.5 Å². The van der Waals surface area contributed by atoms with E-state index in [1.54, 1.807) is 36.3 Å². The molecule has 1 saturated heterocycles. The summed E-state index contributed by atoms with van der Waals surface area (Å²) < 4.78 is 5.18. The second kappa shape index (κ2) is 7.80. The Labute approximate surface area is 181 Å². The van der Waals surface area contributed by atoms with Crippen molar-refractivity contribution in [2.75, 3.05) is 37.0 Å². The number of nitrogens with one attached hydrogen (secondary N) is 1. The van der Waals surface area contributed by atoms with Gasteiger partial charge in [-0.1, -0.05) is 0 Å². The summed E-state index contributed by atoms with van der Waals surface area (Å²) in [5.74, 6) is 0.481. The van der Waals surface area contributed by atoms with Crippen LogP contribution in [0.5, 0.6) is 11.5 Å². The lowest BCUT2D eigenvalue weighted by atomic mass is 9.86. The molecule has 2 N–H and O–H groups in total. The van der Waals surface area contributed by atoms with E-state index in [4.69, 9.17) is 4.74 Å². The van der Waals surface area contributed by atoms with Gasteiger partial charge in [-0.05, 0) is 61.6 Å². The number of carbonyl (C=O) groups excluding carboxylic acids is 2. The third kappa shape index (κ3) is 3.38. The van der Waals surface area contributed by atoms with Gasteiger partial charge in [0.15, 0.2) is 0 Å². The summed E-state index contributed by atoms with van der Waals surface area (Å²) in [6.45, 7) is 2.52. The number of rotatable bonds is 5. The number of nitrogens with zero attached hydrogens (tertiary/aromatic N) is 2. The van der Waals surface area contributed by atoms with Crippen molar-refractivity contribution in [1.82, 2.24) is 4.90 Å². The monoisotopic (exact) mass is 421 g/mol. The van der Waals surface area contributed by atoms with Gasteiger partial charge in [0.05, 0.1) is 7.11 Å². The predicted octanol–water partition coefficient (Wildman–Crippen LogP) is 3.01. The van der Waals surface area contributed by atoms with Crippen LogP contribution in [0.1, 0.15) is 42.0 Å². The largest absolute Gasteiger partial charge is 0.507 e. The molecule has 0 saturated carbocycles. The van der Waals surface area contributed by atoms with Crippen LogP contribution in [0.4, 0.5) is 11.4 Å². The van der Waals surface area contributed by atoms with Gasteiger partial charge < -0.3 is 25.0 Å². The summed E-state index contributed by atoms with van der Waals surface area (Å²) in [5, 5.41) is 14.2. The fourth-order valence-electron chi connectivity index (χ4n) is 5.02. The van der Waals surface area contributed by atoms with Gasteiger partial charge in [0.1, 0.15) is 17.5 Å². The van der Waals surface area contributed by atoms with E-state index in [1.807, 2.05) is 6.07 Å². The van der Waals surface area contributed by atoms with Crippen LogP contribution in [-0.4, -0.2) is 48.6 Å². The Balaban J connectivity index is 1.53. The molecule has 0 aliphatic carbocycles. The molecule has 1 fully saturated rings. The zero-order valence-corrected chi connectivity index (χ0v) is 17.7. The van der Waals surface area contributed by atoms with Crippen molar-refractivity contribution in [2.24, 2.45) is 0 Å². The van der Waals surface area contributed by atoms with Crippen LogP contribution in [0.3, 0.4) is 0 Å². The highest BCUT2D eigenvalue weighted by atomic mass is 16.5. The molecule has 5 rings (SSSR count). The maximum atomic E-state index is 13.4. The first kappa shape index (κ1) is 19.7. The number of methoxy groups -OCH3 is 1. The molecule has 3 aliphatic rings. The van der Waals surface area contributed by atoms with Crippen LogP contribution in [0.2, 0.25) is 0 Å². The number of hydrogen-bond donors (Lipinski definition) is 2. The highest BCUT2D eigenvalue weighted by molar-refractivity contribution is 5.99. The van der Waals surface area contributed by atoms with E-state index in [9.17, 15) is 14.7 Å². The molecule has 3 aliphatic heterocycles. The number of anilines is 2. The summed E-state index contributed by atoms with van der Waals surface area (Å²) in [6.07, 6.45) is 4.18. The maximum absolute atomic E-state index is 13.4. The average Bonchev–Trinajstić information content (AvgIpc) is 2.79. The lowest BCUT2D eigenvalue weighted by molar-refractivity contribution is -0.147. The van der Waals surface area contributed by atoms with Crippen molar-refractivity contribution in [3.63, 3.8) is 0 Å². The number of aryl methyl sites for hydroxylation is 1. The van der Waals surface area contributed by atoms with E-state index in [2.05, 4.69) is 10.2 Å². The summed E-state index contributed by atoms with van der Waals surface area (Å²) in [5.41, 5.74) is 4.39. The van der Waals surface area contributed by atoms with Crippen molar-refractivity contribution in [3.05, 3.63) is 47.0 Å². The van der Waals surface area contributed by atoms with Crippen molar-refractivity contribution >= 4 is 23.2 Å². The summed E-state index contributed by atoms with van der Waals surface area (Å²) >= 11 is 0. The van der Waals surface area contributed by atoms with Gasteiger partial charge >= 0.3 is 0 Å². The number of phenols is 1. The first-order chi connectivity index (χ1) is 15.1. The zero-order chi connectivity index (χ0) is 21.5. The van der Waals surface area contributed by atoms with Gasteiger partial charge in [0.25, 0.3) is 5.91 Å². The van der Waals surface area contributed by atoms with E-state index < -0.39 is 6.04 Å². The van der Waals surface area contributed by atoms with Crippen molar-refractivity contribution < 1.29 is 19.4 Å². The van der Waals surface area contributed by atoms with Gasteiger partial charge in [0.2, 0.25) is 5.91 Å². The molecule has 2 amide bonds. The molecule has 7 nitrogen and oxygen atoms in total. The Morgan fingerprint density at radius 2 is 1.84 bits per heavy atom.